The van der Waals surface area contributed by atoms with Gasteiger partial charge in [0.1, 0.15) is 0 Å². The predicted octanol–water partition coefficient (Wildman–Crippen LogP) is 4.45. The zero-order valence-electron chi connectivity index (χ0n) is 8.46. The van der Waals surface area contributed by atoms with E-state index >= 15 is 0 Å². The minimum atomic E-state index is 0.411. The monoisotopic (exact) mass is 332 g/mol. The molecule has 3 heteroatoms. The molecule has 1 fully saturated rings. The quantitative estimate of drug-likeness (QED) is 0.742. The fourth-order valence-electron chi connectivity index (χ4n) is 1.87. The lowest BCUT2D eigenvalue weighted by Gasteiger charge is -2.15. The molecule has 15 heavy (non-hydrogen) atoms. The molecule has 82 valence electrons. The van der Waals surface area contributed by atoms with Gasteiger partial charge in [-0.2, -0.15) is 0 Å². The molecule has 0 N–H and O–H groups in total. The van der Waals surface area contributed by atoms with Gasteiger partial charge in [0.2, 0.25) is 0 Å². The highest BCUT2D eigenvalue weighted by atomic mass is 79.9. The summed E-state index contributed by atoms with van der Waals surface area (Å²) < 4.78 is 6.76. The Kier molecular flexibility index (Phi) is 4.23. The second kappa shape index (κ2) is 5.46. The van der Waals surface area contributed by atoms with Crippen molar-refractivity contribution in [1.82, 2.24) is 0 Å². The molecule has 0 spiro atoms. The summed E-state index contributed by atoms with van der Waals surface area (Å²) in [4.78, 5) is 0.411. The van der Waals surface area contributed by atoms with Gasteiger partial charge in [-0.3, -0.25) is 0 Å². The van der Waals surface area contributed by atoms with Crippen LogP contribution in [0.25, 0.3) is 0 Å². The zero-order valence-corrected chi connectivity index (χ0v) is 11.6. The van der Waals surface area contributed by atoms with Crippen molar-refractivity contribution in [2.24, 2.45) is 0 Å². The topological polar surface area (TPSA) is 9.23 Å². The number of halogens is 2. The average Bonchev–Trinajstić information content (AvgIpc) is 2.71. The molecule has 0 amide bonds. The van der Waals surface area contributed by atoms with Crippen LogP contribution in [0.5, 0.6) is 0 Å². The van der Waals surface area contributed by atoms with Crippen LogP contribution in [-0.2, 0) is 4.74 Å². The SMILES string of the molecule is Brc1ccc(C(Br)CC2CCCO2)cc1. The van der Waals surface area contributed by atoms with Crippen molar-refractivity contribution >= 4 is 31.9 Å². The van der Waals surface area contributed by atoms with E-state index in [2.05, 4.69) is 56.1 Å². The molecule has 2 atom stereocenters. The minimum Gasteiger partial charge on any atom is -0.378 e. The Labute approximate surface area is 107 Å². The second-order valence-corrected chi connectivity index (χ2v) is 5.91. The Morgan fingerprint density at radius 2 is 2.07 bits per heavy atom. The maximum Gasteiger partial charge on any atom is 0.0589 e. The average molecular weight is 334 g/mol. The Hall–Kier alpha value is 0.140. The molecular formula is C12H14Br2O. The standard InChI is InChI=1S/C12H14Br2O/c13-10-5-3-9(4-6-10)12(14)8-11-2-1-7-15-11/h3-6,11-12H,1-2,7-8H2. The van der Waals surface area contributed by atoms with Gasteiger partial charge in [0.05, 0.1) is 6.10 Å². The molecule has 1 aliphatic heterocycles. The van der Waals surface area contributed by atoms with Gasteiger partial charge in [-0.05, 0) is 37.0 Å². The maximum absolute atomic E-state index is 5.63. The number of alkyl halides is 1. The lowest BCUT2D eigenvalue weighted by molar-refractivity contribution is 0.104. The number of ether oxygens (including phenoxy) is 1. The lowest BCUT2D eigenvalue weighted by atomic mass is 10.1. The largest absolute Gasteiger partial charge is 0.378 e. The number of benzene rings is 1. The zero-order chi connectivity index (χ0) is 10.7. The van der Waals surface area contributed by atoms with Crippen molar-refractivity contribution < 1.29 is 4.74 Å². The number of hydrogen-bond acceptors (Lipinski definition) is 1. The Morgan fingerprint density at radius 1 is 1.33 bits per heavy atom. The van der Waals surface area contributed by atoms with Crippen LogP contribution < -0.4 is 0 Å². The van der Waals surface area contributed by atoms with Crippen molar-refractivity contribution in [2.45, 2.75) is 30.2 Å². The van der Waals surface area contributed by atoms with Crippen LogP contribution in [-0.4, -0.2) is 12.7 Å². The summed E-state index contributed by atoms with van der Waals surface area (Å²) in [6.45, 7) is 0.935. The first kappa shape index (κ1) is 11.6. The molecule has 0 saturated carbocycles. The fourth-order valence-corrected chi connectivity index (χ4v) is 2.86. The van der Waals surface area contributed by atoms with Gasteiger partial charge >= 0.3 is 0 Å². The molecule has 1 nitrogen and oxygen atoms in total. The van der Waals surface area contributed by atoms with E-state index in [4.69, 9.17) is 4.74 Å². The van der Waals surface area contributed by atoms with E-state index in [-0.39, 0.29) is 0 Å². The van der Waals surface area contributed by atoms with Gasteiger partial charge in [-0.25, -0.2) is 0 Å². The smallest absolute Gasteiger partial charge is 0.0589 e. The molecule has 0 radical (unpaired) electrons. The summed E-state index contributed by atoms with van der Waals surface area (Å²) in [5, 5.41) is 0. The molecule has 1 saturated heterocycles. The third-order valence-corrected chi connectivity index (χ3v) is 4.16. The molecular weight excluding hydrogens is 320 g/mol. The van der Waals surface area contributed by atoms with Gasteiger partial charge < -0.3 is 4.74 Å². The summed E-state index contributed by atoms with van der Waals surface area (Å²) in [6.07, 6.45) is 3.93. The van der Waals surface area contributed by atoms with Crippen LogP contribution in [0.4, 0.5) is 0 Å². The first-order chi connectivity index (χ1) is 7.25. The molecule has 1 heterocycles. The van der Waals surface area contributed by atoms with Crippen LogP contribution in [0.15, 0.2) is 28.7 Å². The molecule has 0 aliphatic carbocycles. The van der Waals surface area contributed by atoms with Crippen LogP contribution in [0.2, 0.25) is 0 Å². The van der Waals surface area contributed by atoms with Crippen LogP contribution in [0.1, 0.15) is 29.7 Å². The Morgan fingerprint density at radius 3 is 2.67 bits per heavy atom. The lowest BCUT2D eigenvalue weighted by Crippen LogP contribution is -2.07. The summed E-state index contributed by atoms with van der Waals surface area (Å²) >= 11 is 7.17. The van der Waals surface area contributed by atoms with Crippen molar-refractivity contribution in [2.75, 3.05) is 6.61 Å². The minimum absolute atomic E-state index is 0.411. The van der Waals surface area contributed by atoms with Gasteiger partial charge in [0.25, 0.3) is 0 Å². The summed E-state index contributed by atoms with van der Waals surface area (Å²) in [5.41, 5.74) is 1.33. The highest BCUT2D eigenvalue weighted by Gasteiger charge is 2.19. The summed E-state index contributed by atoms with van der Waals surface area (Å²) in [7, 11) is 0. The van der Waals surface area contributed by atoms with E-state index in [0.717, 1.165) is 17.5 Å². The highest BCUT2D eigenvalue weighted by Crippen LogP contribution is 2.32. The van der Waals surface area contributed by atoms with Crippen molar-refractivity contribution in [3.63, 3.8) is 0 Å². The molecule has 2 rings (SSSR count). The van der Waals surface area contributed by atoms with Crippen LogP contribution >= 0.6 is 31.9 Å². The summed E-state index contributed by atoms with van der Waals surface area (Å²) in [5.74, 6) is 0. The van der Waals surface area contributed by atoms with Crippen molar-refractivity contribution in [3.8, 4) is 0 Å². The maximum atomic E-state index is 5.63. The molecule has 1 aliphatic rings. The van der Waals surface area contributed by atoms with E-state index in [1.54, 1.807) is 0 Å². The van der Waals surface area contributed by atoms with Gasteiger partial charge in [-0.1, -0.05) is 44.0 Å². The van der Waals surface area contributed by atoms with E-state index < -0.39 is 0 Å². The number of hydrogen-bond donors (Lipinski definition) is 0. The van der Waals surface area contributed by atoms with Crippen molar-refractivity contribution in [3.05, 3.63) is 34.3 Å². The number of rotatable bonds is 3. The van der Waals surface area contributed by atoms with E-state index in [1.165, 1.54) is 18.4 Å². The first-order valence-electron chi connectivity index (χ1n) is 5.27. The highest BCUT2D eigenvalue weighted by molar-refractivity contribution is 9.10. The van der Waals surface area contributed by atoms with E-state index in [0.29, 0.717) is 10.9 Å². The molecule has 1 aromatic carbocycles. The Balaban J connectivity index is 1.94. The summed E-state index contributed by atoms with van der Waals surface area (Å²) in [6, 6.07) is 8.47. The third-order valence-electron chi connectivity index (χ3n) is 2.73. The Bertz CT molecular complexity index is 304. The fraction of sp³-hybridized carbons (Fsp3) is 0.500. The molecule has 1 aromatic rings. The van der Waals surface area contributed by atoms with Crippen LogP contribution in [0, 0.1) is 0 Å². The molecule has 2 unspecified atom stereocenters. The van der Waals surface area contributed by atoms with Gasteiger partial charge in [0, 0.05) is 15.9 Å². The van der Waals surface area contributed by atoms with E-state index in [9.17, 15) is 0 Å². The predicted molar refractivity (Wildman–Crippen MR) is 69.4 cm³/mol. The van der Waals surface area contributed by atoms with Gasteiger partial charge in [-0.15, -0.1) is 0 Å². The van der Waals surface area contributed by atoms with E-state index in [1.807, 2.05) is 0 Å². The van der Waals surface area contributed by atoms with Gasteiger partial charge in [0.15, 0.2) is 0 Å². The van der Waals surface area contributed by atoms with Crippen molar-refractivity contribution in [1.29, 1.82) is 0 Å². The normalized spacial score (nSPS) is 22.9. The molecule has 0 aromatic heterocycles. The molecule has 0 bridgehead atoms. The van der Waals surface area contributed by atoms with Crippen LogP contribution in [0.3, 0.4) is 0 Å². The first-order valence-corrected chi connectivity index (χ1v) is 6.98. The third kappa shape index (κ3) is 3.30. The second-order valence-electron chi connectivity index (χ2n) is 3.89.